The lowest BCUT2D eigenvalue weighted by atomic mass is 9.96. The molecule has 0 bridgehead atoms. The molecule has 4 rings (SSSR count). The van der Waals surface area contributed by atoms with E-state index in [0.29, 0.717) is 5.75 Å². The minimum absolute atomic E-state index is 0.173. The van der Waals surface area contributed by atoms with Gasteiger partial charge in [-0.1, -0.05) is 48.5 Å². The lowest BCUT2D eigenvalue weighted by Gasteiger charge is -2.12. The van der Waals surface area contributed by atoms with E-state index in [9.17, 15) is 8.42 Å². The quantitative estimate of drug-likeness (QED) is 0.473. The van der Waals surface area contributed by atoms with Gasteiger partial charge in [-0.15, -0.1) is 0 Å². The van der Waals surface area contributed by atoms with Crippen LogP contribution in [0, 0.1) is 6.92 Å². The second-order valence-corrected chi connectivity index (χ2v) is 8.97. The molecule has 1 heterocycles. The Morgan fingerprint density at radius 3 is 2.26 bits per heavy atom. The number of hydrogen-bond donors (Lipinski definition) is 1. The zero-order valence-corrected chi connectivity index (χ0v) is 18.5. The van der Waals surface area contributed by atoms with E-state index in [1.807, 2.05) is 56.4 Å². The molecule has 0 aliphatic heterocycles. The van der Waals surface area contributed by atoms with Crippen LogP contribution in [-0.4, -0.2) is 20.1 Å². The first-order valence-corrected chi connectivity index (χ1v) is 11.4. The van der Waals surface area contributed by atoms with E-state index >= 15 is 0 Å². The molecule has 0 saturated heterocycles. The van der Waals surface area contributed by atoms with Crippen molar-refractivity contribution in [3.8, 4) is 5.75 Å². The second kappa shape index (κ2) is 8.32. The molecule has 158 valence electrons. The Balaban J connectivity index is 1.84. The number of nitrogens with zero attached hydrogens (tertiary/aromatic N) is 1. The second-order valence-electron chi connectivity index (χ2n) is 7.26. The van der Waals surface area contributed by atoms with Crippen LogP contribution in [0.25, 0.3) is 16.5 Å². The number of aromatic nitrogens is 1. The summed E-state index contributed by atoms with van der Waals surface area (Å²) in [4.78, 5) is 0.173. The van der Waals surface area contributed by atoms with Gasteiger partial charge in [-0.2, -0.15) is 0 Å². The summed E-state index contributed by atoms with van der Waals surface area (Å²) in [5.74, 6) is 0.603. The van der Waals surface area contributed by atoms with Gasteiger partial charge in [-0.25, -0.2) is 8.42 Å². The van der Waals surface area contributed by atoms with Crippen molar-refractivity contribution in [2.24, 2.45) is 7.05 Å². The Kier molecular flexibility index (Phi) is 5.57. The number of para-hydroxylation sites is 1. The molecule has 1 N–H and O–H groups in total. The summed E-state index contributed by atoms with van der Waals surface area (Å²) in [6.45, 7) is 2.05. The van der Waals surface area contributed by atoms with E-state index in [1.165, 1.54) is 12.1 Å². The van der Waals surface area contributed by atoms with Gasteiger partial charge in [0.2, 0.25) is 0 Å². The maximum Gasteiger partial charge on any atom is 0.261 e. The van der Waals surface area contributed by atoms with Crippen molar-refractivity contribution in [3.63, 3.8) is 0 Å². The van der Waals surface area contributed by atoms with E-state index < -0.39 is 10.0 Å². The van der Waals surface area contributed by atoms with Crippen molar-refractivity contribution in [2.45, 2.75) is 11.8 Å². The van der Waals surface area contributed by atoms with Crippen LogP contribution in [0.15, 0.2) is 90.0 Å². The van der Waals surface area contributed by atoms with Gasteiger partial charge in [0, 0.05) is 41.0 Å². The number of nitrogens with one attached hydrogen (secondary N) is 1. The summed E-state index contributed by atoms with van der Waals surface area (Å²) >= 11 is 0. The smallest absolute Gasteiger partial charge is 0.261 e. The van der Waals surface area contributed by atoms with E-state index in [-0.39, 0.29) is 4.90 Å². The minimum Gasteiger partial charge on any atom is -0.497 e. The number of aryl methyl sites for hydroxylation is 1. The Labute approximate surface area is 182 Å². The fourth-order valence-corrected chi connectivity index (χ4v) is 4.64. The summed E-state index contributed by atoms with van der Waals surface area (Å²) in [5.41, 5.74) is 4.89. The minimum atomic E-state index is -3.74. The Morgan fingerprint density at radius 1 is 0.935 bits per heavy atom. The number of benzene rings is 3. The first-order valence-electron chi connectivity index (χ1n) is 9.89. The number of hydrogen-bond acceptors (Lipinski definition) is 3. The Bertz CT molecular complexity index is 1350. The normalized spacial score (nSPS) is 12.2. The van der Waals surface area contributed by atoms with Crippen LogP contribution in [0.4, 0.5) is 0 Å². The molecule has 0 spiro atoms. The highest BCUT2D eigenvalue weighted by molar-refractivity contribution is 7.89. The van der Waals surface area contributed by atoms with Crippen LogP contribution < -0.4 is 9.46 Å². The molecular formula is C25H24N2O3S. The van der Waals surface area contributed by atoms with Crippen LogP contribution in [0.5, 0.6) is 5.75 Å². The lowest BCUT2D eigenvalue weighted by Crippen LogP contribution is -2.18. The highest BCUT2D eigenvalue weighted by Gasteiger charge is 2.19. The monoisotopic (exact) mass is 432 g/mol. The molecule has 0 radical (unpaired) electrons. The molecule has 6 heteroatoms. The zero-order chi connectivity index (χ0) is 22.0. The molecule has 4 aromatic rings. The zero-order valence-electron chi connectivity index (χ0n) is 17.7. The summed E-state index contributed by atoms with van der Waals surface area (Å²) in [5, 5.41) is 1.07. The molecule has 0 aliphatic rings. The first-order chi connectivity index (χ1) is 14.9. The average molecular weight is 433 g/mol. The maximum absolute atomic E-state index is 13.0. The van der Waals surface area contributed by atoms with Gasteiger partial charge in [0.15, 0.2) is 0 Å². The van der Waals surface area contributed by atoms with Crippen molar-refractivity contribution < 1.29 is 13.2 Å². The van der Waals surface area contributed by atoms with Gasteiger partial charge in [0.1, 0.15) is 5.75 Å². The van der Waals surface area contributed by atoms with Crippen LogP contribution in [0.2, 0.25) is 0 Å². The van der Waals surface area contributed by atoms with E-state index in [4.69, 9.17) is 4.74 Å². The predicted octanol–water partition coefficient (Wildman–Crippen LogP) is 4.86. The van der Waals surface area contributed by atoms with E-state index in [2.05, 4.69) is 21.4 Å². The summed E-state index contributed by atoms with van der Waals surface area (Å²) in [7, 11) is -0.180. The van der Waals surface area contributed by atoms with Crippen molar-refractivity contribution in [1.29, 1.82) is 0 Å². The number of methoxy groups -OCH3 is 1. The van der Waals surface area contributed by atoms with Crippen LogP contribution >= 0.6 is 0 Å². The summed E-state index contributed by atoms with van der Waals surface area (Å²) < 4.78 is 35.8. The Morgan fingerprint density at radius 2 is 1.58 bits per heavy atom. The molecule has 0 fully saturated rings. The van der Waals surface area contributed by atoms with Gasteiger partial charge in [0.25, 0.3) is 10.0 Å². The standard InChI is InChI=1S/C25H24N2O3S/c1-18-25(22-11-7-8-12-24(22)27(18)2)23(19-9-5-4-6-10-19)17-26-31(28,29)21-15-13-20(30-3)14-16-21/h4-17,26H,1-3H3/b23-17-. The van der Waals surface area contributed by atoms with Crippen molar-refractivity contribution in [2.75, 3.05) is 7.11 Å². The highest BCUT2D eigenvalue weighted by atomic mass is 32.2. The van der Waals surface area contributed by atoms with Crippen molar-refractivity contribution in [3.05, 3.63) is 102 Å². The molecule has 0 aliphatic carbocycles. The number of sulfonamides is 1. The molecule has 31 heavy (non-hydrogen) atoms. The molecule has 1 aromatic heterocycles. The predicted molar refractivity (Wildman–Crippen MR) is 124 cm³/mol. The number of fused-ring (bicyclic) bond motifs is 1. The van der Waals surface area contributed by atoms with E-state index in [0.717, 1.165) is 33.3 Å². The molecule has 0 unspecified atom stereocenters. The van der Waals surface area contributed by atoms with Crippen LogP contribution in [0.3, 0.4) is 0 Å². The average Bonchev–Trinajstić information content (AvgIpc) is 3.05. The van der Waals surface area contributed by atoms with Crippen molar-refractivity contribution >= 4 is 26.5 Å². The van der Waals surface area contributed by atoms with Gasteiger partial charge < -0.3 is 9.30 Å². The number of rotatable bonds is 6. The Hall–Kier alpha value is -3.51. The molecule has 3 aromatic carbocycles. The number of ether oxygens (including phenoxy) is 1. The topological polar surface area (TPSA) is 60.3 Å². The third-order valence-electron chi connectivity index (χ3n) is 5.48. The third-order valence-corrected chi connectivity index (χ3v) is 6.80. The SMILES string of the molecule is COc1ccc(S(=O)(=O)N/C=C(/c2ccccc2)c2c(C)n(C)c3ccccc23)cc1. The largest absolute Gasteiger partial charge is 0.497 e. The van der Waals surface area contributed by atoms with Gasteiger partial charge in [0.05, 0.1) is 12.0 Å². The summed E-state index contributed by atoms with van der Waals surface area (Å²) in [6, 6.07) is 24.2. The summed E-state index contributed by atoms with van der Waals surface area (Å²) in [6.07, 6.45) is 1.59. The fraction of sp³-hybridized carbons (Fsp3) is 0.120. The fourth-order valence-electron chi connectivity index (χ4n) is 3.74. The van der Waals surface area contributed by atoms with Crippen molar-refractivity contribution in [1.82, 2.24) is 9.29 Å². The highest BCUT2D eigenvalue weighted by Crippen LogP contribution is 2.34. The van der Waals surface area contributed by atoms with Gasteiger partial charge in [-0.05, 0) is 42.8 Å². The van der Waals surface area contributed by atoms with Crippen LogP contribution in [0.1, 0.15) is 16.8 Å². The van der Waals surface area contributed by atoms with Crippen LogP contribution in [-0.2, 0) is 17.1 Å². The molecule has 0 amide bonds. The van der Waals surface area contributed by atoms with Gasteiger partial charge in [-0.3, -0.25) is 4.72 Å². The molecular weight excluding hydrogens is 408 g/mol. The first kappa shape index (κ1) is 20.8. The van der Waals surface area contributed by atoms with Gasteiger partial charge >= 0.3 is 0 Å². The lowest BCUT2D eigenvalue weighted by molar-refractivity contribution is 0.414. The van der Waals surface area contributed by atoms with E-state index in [1.54, 1.807) is 25.4 Å². The molecule has 0 atom stereocenters. The third kappa shape index (κ3) is 3.94. The molecule has 5 nitrogen and oxygen atoms in total. The molecule has 0 saturated carbocycles. The maximum atomic E-state index is 13.0.